The topological polar surface area (TPSA) is 65.5 Å². The van der Waals surface area contributed by atoms with Crippen molar-refractivity contribution >= 4 is 11.8 Å². The van der Waals surface area contributed by atoms with E-state index >= 15 is 0 Å². The zero-order valence-corrected chi connectivity index (χ0v) is 15.0. The van der Waals surface area contributed by atoms with E-state index in [-0.39, 0.29) is 11.8 Å². The molecule has 2 heterocycles. The van der Waals surface area contributed by atoms with Crippen molar-refractivity contribution in [1.82, 2.24) is 20.1 Å². The van der Waals surface area contributed by atoms with Gasteiger partial charge in [-0.3, -0.25) is 19.5 Å². The third-order valence-corrected chi connectivity index (χ3v) is 4.57. The van der Waals surface area contributed by atoms with Crippen LogP contribution in [0.2, 0.25) is 0 Å². The van der Waals surface area contributed by atoms with Gasteiger partial charge in [0.1, 0.15) is 5.69 Å². The summed E-state index contributed by atoms with van der Waals surface area (Å²) in [6.45, 7) is 6.40. The van der Waals surface area contributed by atoms with Crippen LogP contribution in [0.5, 0.6) is 0 Å². The lowest BCUT2D eigenvalue weighted by Crippen LogP contribution is -2.50. The molecule has 1 aliphatic heterocycles. The molecular weight excluding hydrogens is 328 g/mol. The van der Waals surface area contributed by atoms with E-state index in [9.17, 15) is 9.59 Å². The zero-order chi connectivity index (χ0) is 18.4. The molecule has 2 amide bonds. The Morgan fingerprint density at radius 2 is 1.77 bits per heavy atom. The average Bonchev–Trinajstić information content (AvgIpc) is 2.69. The van der Waals surface area contributed by atoms with Crippen molar-refractivity contribution in [2.75, 3.05) is 39.3 Å². The SMILES string of the molecule is Cc1ccc(C(=O)N2CCN(CCNC(=O)c3ccccn3)CC2)cc1. The van der Waals surface area contributed by atoms with Gasteiger partial charge in [0.2, 0.25) is 0 Å². The van der Waals surface area contributed by atoms with Gasteiger partial charge in [0.05, 0.1) is 0 Å². The summed E-state index contributed by atoms with van der Waals surface area (Å²) in [5.41, 5.74) is 2.33. The Hall–Kier alpha value is -2.73. The molecule has 0 bridgehead atoms. The summed E-state index contributed by atoms with van der Waals surface area (Å²) in [5, 5.41) is 2.89. The third-order valence-electron chi connectivity index (χ3n) is 4.57. The first-order valence-corrected chi connectivity index (χ1v) is 8.91. The first-order valence-electron chi connectivity index (χ1n) is 8.91. The summed E-state index contributed by atoms with van der Waals surface area (Å²) in [4.78, 5) is 32.7. The standard InChI is InChI=1S/C20H24N4O2/c1-16-5-7-17(8-6-16)20(26)24-14-12-23(13-15-24)11-10-22-19(25)18-4-2-3-9-21-18/h2-9H,10-15H2,1H3,(H,22,25). The van der Waals surface area contributed by atoms with E-state index in [1.165, 1.54) is 0 Å². The number of aryl methyl sites for hydroxylation is 1. The van der Waals surface area contributed by atoms with Gasteiger partial charge < -0.3 is 10.2 Å². The molecule has 26 heavy (non-hydrogen) atoms. The monoisotopic (exact) mass is 352 g/mol. The van der Waals surface area contributed by atoms with Crippen LogP contribution in [0.4, 0.5) is 0 Å². The maximum atomic E-state index is 12.5. The molecule has 1 aliphatic rings. The maximum absolute atomic E-state index is 12.5. The Morgan fingerprint density at radius 1 is 1.04 bits per heavy atom. The second-order valence-corrected chi connectivity index (χ2v) is 6.47. The lowest BCUT2D eigenvalue weighted by molar-refractivity contribution is 0.0638. The third kappa shape index (κ3) is 4.67. The number of benzene rings is 1. The van der Waals surface area contributed by atoms with Gasteiger partial charge in [-0.05, 0) is 31.2 Å². The maximum Gasteiger partial charge on any atom is 0.269 e. The van der Waals surface area contributed by atoms with E-state index < -0.39 is 0 Å². The molecule has 1 saturated heterocycles. The summed E-state index contributed by atoms with van der Waals surface area (Å²) in [6, 6.07) is 13.0. The highest BCUT2D eigenvalue weighted by Crippen LogP contribution is 2.10. The molecule has 0 radical (unpaired) electrons. The number of nitrogens with one attached hydrogen (secondary N) is 1. The number of nitrogens with zero attached hydrogens (tertiary/aromatic N) is 3. The van der Waals surface area contributed by atoms with Crippen LogP contribution in [0.3, 0.4) is 0 Å². The van der Waals surface area contributed by atoms with Crippen LogP contribution in [0.1, 0.15) is 26.4 Å². The molecular formula is C20H24N4O2. The van der Waals surface area contributed by atoms with E-state index in [2.05, 4.69) is 15.2 Å². The molecule has 1 aromatic heterocycles. The van der Waals surface area contributed by atoms with Crippen molar-refractivity contribution < 1.29 is 9.59 Å². The van der Waals surface area contributed by atoms with Crippen LogP contribution >= 0.6 is 0 Å². The van der Waals surface area contributed by atoms with E-state index in [1.54, 1.807) is 24.4 Å². The summed E-state index contributed by atoms with van der Waals surface area (Å²) < 4.78 is 0. The summed E-state index contributed by atoms with van der Waals surface area (Å²) in [7, 11) is 0. The molecule has 1 fully saturated rings. The van der Waals surface area contributed by atoms with E-state index in [0.29, 0.717) is 25.3 Å². The largest absolute Gasteiger partial charge is 0.349 e. The highest BCUT2D eigenvalue weighted by Gasteiger charge is 2.21. The van der Waals surface area contributed by atoms with Crippen molar-refractivity contribution in [3.8, 4) is 0 Å². The quantitative estimate of drug-likeness (QED) is 0.887. The zero-order valence-electron chi connectivity index (χ0n) is 15.0. The van der Waals surface area contributed by atoms with Gasteiger partial charge in [-0.1, -0.05) is 23.8 Å². The van der Waals surface area contributed by atoms with Gasteiger partial charge in [-0.15, -0.1) is 0 Å². The molecule has 6 heteroatoms. The molecule has 0 spiro atoms. The Morgan fingerprint density at radius 3 is 2.42 bits per heavy atom. The molecule has 1 aromatic carbocycles. The Labute approximate surface area is 153 Å². The second-order valence-electron chi connectivity index (χ2n) is 6.47. The fourth-order valence-corrected chi connectivity index (χ4v) is 2.97. The van der Waals surface area contributed by atoms with Gasteiger partial charge in [0, 0.05) is 51.0 Å². The van der Waals surface area contributed by atoms with Gasteiger partial charge in [0.15, 0.2) is 0 Å². The Kier molecular flexibility index (Phi) is 5.96. The van der Waals surface area contributed by atoms with Crippen LogP contribution in [0, 0.1) is 6.92 Å². The predicted molar refractivity (Wildman–Crippen MR) is 100 cm³/mol. The predicted octanol–water partition coefficient (Wildman–Crippen LogP) is 1.58. The number of carbonyl (C=O) groups excluding carboxylic acids is 2. The van der Waals surface area contributed by atoms with Crippen LogP contribution in [-0.4, -0.2) is 65.9 Å². The van der Waals surface area contributed by atoms with E-state index in [1.807, 2.05) is 36.1 Å². The fraction of sp³-hybridized carbons (Fsp3) is 0.350. The molecule has 6 nitrogen and oxygen atoms in total. The highest BCUT2D eigenvalue weighted by molar-refractivity contribution is 5.94. The minimum atomic E-state index is -0.154. The highest BCUT2D eigenvalue weighted by atomic mass is 16.2. The molecule has 136 valence electrons. The van der Waals surface area contributed by atoms with E-state index in [4.69, 9.17) is 0 Å². The molecule has 3 rings (SSSR count). The van der Waals surface area contributed by atoms with Crippen LogP contribution in [-0.2, 0) is 0 Å². The Bertz CT molecular complexity index is 738. The number of carbonyl (C=O) groups is 2. The molecule has 0 aliphatic carbocycles. The molecule has 1 N–H and O–H groups in total. The van der Waals surface area contributed by atoms with Crippen LogP contribution in [0.25, 0.3) is 0 Å². The summed E-state index contributed by atoms with van der Waals surface area (Å²) in [5.74, 6) is -0.0631. The first-order chi connectivity index (χ1) is 12.6. The van der Waals surface area contributed by atoms with E-state index in [0.717, 1.165) is 30.8 Å². The number of aromatic nitrogens is 1. The number of pyridine rings is 1. The van der Waals surface area contributed by atoms with Gasteiger partial charge >= 0.3 is 0 Å². The van der Waals surface area contributed by atoms with Gasteiger partial charge in [0.25, 0.3) is 11.8 Å². The fourth-order valence-electron chi connectivity index (χ4n) is 2.97. The van der Waals surface area contributed by atoms with Crippen molar-refractivity contribution in [3.63, 3.8) is 0 Å². The lowest BCUT2D eigenvalue weighted by atomic mass is 10.1. The van der Waals surface area contributed by atoms with Crippen molar-refractivity contribution in [2.24, 2.45) is 0 Å². The minimum absolute atomic E-state index is 0.0908. The van der Waals surface area contributed by atoms with Crippen LogP contribution in [0.15, 0.2) is 48.7 Å². The minimum Gasteiger partial charge on any atom is -0.349 e. The molecule has 2 aromatic rings. The number of hydrogen-bond acceptors (Lipinski definition) is 4. The number of piperazine rings is 1. The normalized spacial score (nSPS) is 14.9. The molecule has 0 unspecified atom stereocenters. The summed E-state index contributed by atoms with van der Waals surface area (Å²) in [6.07, 6.45) is 1.61. The number of hydrogen-bond donors (Lipinski definition) is 1. The van der Waals surface area contributed by atoms with Crippen molar-refractivity contribution in [3.05, 3.63) is 65.5 Å². The van der Waals surface area contributed by atoms with Crippen molar-refractivity contribution in [2.45, 2.75) is 6.92 Å². The van der Waals surface area contributed by atoms with Gasteiger partial charge in [-0.25, -0.2) is 0 Å². The van der Waals surface area contributed by atoms with Gasteiger partial charge in [-0.2, -0.15) is 0 Å². The van der Waals surface area contributed by atoms with Crippen LogP contribution < -0.4 is 5.32 Å². The smallest absolute Gasteiger partial charge is 0.269 e. The van der Waals surface area contributed by atoms with Crippen molar-refractivity contribution in [1.29, 1.82) is 0 Å². The number of rotatable bonds is 5. The first kappa shape index (κ1) is 18.1. The number of amides is 2. The molecule has 0 atom stereocenters. The molecule has 0 saturated carbocycles. The average molecular weight is 352 g/mol. The summed E-state index contributed by atoms with van der Waals surface area (Å²) >= 11 is 0. The Balaban J connectivity index is 1.40. The lowest BCUT2D eigenvalue weighted by Gasteiger charge is -2.34. The second kappa shape index (κ2) is 8.58.